The molecule has 0 aliphatic carbocycles. The van der Waals surface area contributed by atoms with Gasteiger partial charge in [0.2, 0.25) is 6.10 Å². The number of benzene rings is 1. The van der Waals surface area contributed by atoms with Crippen LogP contribution in [0.1, 0.15) is 6.92 Å². The van der Waals surface area contributed by atoms with Gasteiger partial charge in [0, 0.05) is 18.8 Å². The molecular formula is C18H20N2O5. The van der Waals surface area contributed by atoms with E-state index in [0.717, 1.165) is 0 Å². The summed E-state index contributed by atoms with van der Waals surface area (Å²) in [7, 11) is 0. The molecule has 2 N–H and O–H groups in total. The van der Waals surface area contributed by atoms with Crippen molar-refractivity contribution in [1.82, 2.24) is 9.88 Å². The molecule has 3 rings (SSSR count). The van der Waals surface area contributed by atoms with Gasteiger partial charge >= 0.3 is 0 Å². The second-order valence-electron chi connectivity index (χ2n) is 5.90. The summed E-state index contributed by atoms with van der Waals surface area (Å²) in [5, 5.41) is 12.7. The molecule has 0 bridgehead atoms. The average molecular weight is 344 g/mol. The first-order valence-corrected chi connectivity index (χ1v) is 8.08. The van der Waals surface area contributed by atoms with Gasteiger partial charge in [0.15, 0.2) is 11.5 Å². The number of carbonyl (C=O) groups excluding carboxylic acids is 1. The number of rotatable bonds is 5. The van der Waals surface area contributed by atoms with Crippen LogP contribution in [0.2, 0.25) is 0 Å². The lowest BCUT2D eigenvalue weighted by Gasteiger charge is -2.31. The summed E-state index contributed by atoms with van der Waals surface area (Å²) in [6.45, 7) is 1.86. The van der Waals surface area contributed by atoms with Gasteiger partial charge in [-0.25, -0.2) is 0 Å². The van der Waals surface area contributed by atoms with Crippen LogP contribution in [0, 0.1) is 0 Å². The number of aliphatic hydroxyl groups is 1. The van der Waals surface area contributed by atoms with E-state index in [1.165, 1.54) is 10.6 Å². The predicted molar refractivity (Wildman–Crippen MR) is 90.7 cm³/mol. The van der Waals surface area contributed by atoms with E-state index in [0.29, 0.717) is 11.5 Å². The first-order valence-electron chi connectivity index (χ1n) is 8.08. The molecule has 0 unspecified atom stereocenters. The van der Waals surface area contributed by atoms with Crippen LogP contribution in [0.3, 0.4) is 0 Å². The van der Waals surface area contributed by atoms with E-state index in [4.69, 9.17) is 9.47 Å². The summed E-state index contributed by atoms with van der Waals surface area (Å²) < 4.78 is 12.8. The van der Waals surface area contributed by atoms with Gasteiger partial charge in [0.25, 0.3) is 11.5 Å². The highest BCUT2D eigenvalue weighted by Crippen LogP contribution is 2.33. The van der Waals surface area contributed by atoms with Crippen molar-refractivity contribution in [2.45, 2.75) is 31.8 Å². The molecule has 2 heterocycles. The van der Waals surface area contributed by atoms with Crippen molar-refractivity contribution in [1.29, 1.82) is 0 Å². The number of hydrogen-bond acceptors (Lipinski definition) is 5. The fourth-order valence-electron chi connectivity index (χ4n) is 2.63. The second-order valence-corrected chi connectivity index (χ2v) is 5.90. The Morgan fingerprint density at radius 2 is 1.88 bits per heavy atom. The lowest BCUT2D eigenvalue weighted by atomic mass is 10.1. The maximum absolute atomic E-state index is 12.3. The highest BCUT2D eigenvalue weighted by Gasteiger charge is 2.34. The molecule has 1 aliphatic rings. The van der Waals surface area contributed by atoms with Crippen LogP contribution in [0.5, 0.6) is 11.5 Å². The summed E-state index contributed by atoms with van der Waals surface area (Å²) in [6, 6.07) is 11.9. The fraction of sp³-hybridized carbons (Fsp3) is 0.333. The number of aliphatic hydroxyl groups excluding tert-OH is 1. The summed E-state index contributed by atoms with van der Waals surface area (Å²) in [6.07, 6.45) is -0.564. The fourth-order valence-corrected chi connectivity index (χ4v) is 2.63. The van der Waals surface area contributed by atoms with Gasteiger partial charge in [0.1, 0.15) is 6.10 Å². The van der Waals surface area contributed by atoms with E-state index in [1.54, 1.807) is 43.5 Å². The lowest BCUT2D eigenvalue weighted by Crippen LogP contribution is -2.50. The quantitative estimate of drug-likeness (QED) is 0.827. The molecule has 0 radical (unpaired) electrons. The van der Waals surface area contributed by atoms with Gasteiger partial charge in [-0.2, -0.15) is 0 Å². The molecular weight excluding hydrogens is 324 g/mol. The summed E-state index contributed by atoms with van der Waals surface area (Å²) in [5.74, 6) is 0.737. The summed E-state index contributed by atoms with van der Waals surface area (Å²) in [4.78, 5) is 24.0. The molecule has 0 saturated carbocycles. The number of pyridine rings is 1. The zero-order valence-corrected chi connectivity index (χ0v) is 13.8. The molecule has 1 amide bonds. The molecule has 1 aromatic carbocycles. The highest BCUT2D eigenvalue weighted by molar-refractivity contribution is 5.82. The number of para-hydroxylation sites is 2. The van der Waals surface area contributed by atoms with E-state index in [-0.39, 0.29) is 24.6 Å². The first-order chi connectivity index (χ1) is 12.0. The molecule has 0 saturated heterocycles. The van der Waals surface area contributed by atoms with E-state index in [2.05, 4.69) is 5.32 Å². The van der Waals surface area contributed by atoms with Gasteiger partial charge in [-0.1, -0.05) is 18.2 Å². The monoisotopic (exact) mass is 344 g/mol. The van der Waals surface area contributed by atoms with Crippen LogP contribution < -0.4 is 20.3 Å². The molecule has 0 spiro atoms. The van der Waals surface area contributed by atoms with Gasteiger partial charge in [-0.3, -0.25) is 9.59 Å². The maximum atomic E-state index is 12.3. The van der Waals surface area contributed by atoms with Crippen molar-refractivity contribution in [2.24, 2.45) is 0 Å². The third-order valence-corrected chi connectivity index (χ3v) is 3.92. The van der Waals surface area contributed by atoms with Crippen molar-refractivity contribution < 1.29 is 19.4 Å². The van der Waals surface area contributed by atoms with E-state index in [9.17, 15) is 14.7 Å². The number of fused-ring (bicyclic) bond motifs is 1. The lowest BCUT2D eigenvalue weighted by molar-refractivity contribution is -0.133. The molecule has 7 nitrogen and oxygen atoms in total. The van der Waals surface area contributed by atoms with Crippen molar-refractivity contribution in [3.63, 3.8) is 0 Å². The Bertz CT molecular complexity index is 804. The standard InChI is InChI=1S/C18H20N2O5/c1-12-17(25-15-7-3-2-6-14(15)24-12)18(23)19-10-13(21)11-20-9-5-4-8-16(20)22/h2-9,12-13,17,21H,10-11H2,1H3,(H,19,23)/t12-,13+,17+/m0/s1. The minimum atomic E-state index is -0.892. The number of hydrogen-bond donors (Lipinski definition) is 2. The van der Waals surface area contributed by atoms with Crippen molar-refractivity contribution >= 4 is 5.91 Å². The number of amides is 1. The SMILES string of the molecule is C[C@@H]1Oc2ccccc2O[C@H]1C(=O)NC[C@@H](O)Cn1ccccc1=O. The van der Waals surface area contributed by atoms with Gasteiger partial charge in [-0.15, -0.1) is 0 Å². The van der Waals surface area contributed by atoms with Gasteiger partial charge in [0.05, 0.1) is 12.6 Å². The van der Waals surface area contributed by atoms with E-state index >= 15 is 0 Å². The summed E-state index contributed by atoms with van der Waals surface area (Å²) >= 11 is 0. The minimum Gasteiger partial charge on any atom is -0.482 e. The Balaban J connectivity index is 1.56. The van der Waals surface area contributed by atoms with E-state index in [1.807, 2.05) is 6.07 Å². The van der Waals surface area contributed by atoms with Crippen molar-refractivity contribution in [3.8, 4) is 11.5 Å². The van der Waals surface area contributed by atoms with Crippen LogP contribution in [-0.4, -0.2) is 40.4 Å². The predicted octanol–water partition coefficient (Wildman–Crippen LogP) is 0.554. The number of nitrogens with zero attached hydrogens (tertiary/aromatic N) is 1. The van der Waals surface area contributed by atoms with Crippen LogP contribution in [0.25, 0.3) is 0 Å². The Kier molecular flexibility index (Phi) is 5.04. The van der Waals surface area contributed by atoms with Crippen LogP contribution in [-0.2, 0) is 11.3 Å². The topological polar surface area (TPSA) is 89.8 Å². The van der Waals surface area contributed by atoms with Gasteiger partial charge < -0.3 is 24.5 Å². The highest BCUT2D eigenvalue weighted by atomic mass is 16.6. The number of ether oxygens (including phenoxy) is 2. The summed E-state index contributed by atoms with van der Waals surface area (Å²) in [5.41, 5.74) is -0.206. The van der Waals surface area contributed by atoms with Crippen molar-refractivity contribution in [3.05, 3.63) is 59.0 Å². The Morgan fingerprint density at radius 1 is 1.20 bits per heavy atom. The largest absolute Gasteiger partial charge is 0.482 e. The molecule has 7 heteroatoms. The minimum absolute atomic E-state index is 0.00833. The van der Waals surface area contributed by atoms with Crippen LogP contribution in [0.15, 0.2) is 53.5 Å². The van der Waals surface area contributed by atoms with Crippen molar-refractivity contribution in [2.75, 3.05) is 6.54 Å². The zero-order chi connectivity index (χ0) is 17.8. The normalized spacial score (nSPS) is 19.9. The first kappa shape index (κ1) is 17.0. The number of nitrogens with one attached hydrogen (secondary N) is 1. The molecule has 1 aliphatic heterocycles. The molecule has 3 atom stereocenters. The van der Waals surface area contributed by atoms with Crippen LogP contribution in [0.4, 0.5) is 0 Å². The molecule has 132 valence electrons. The second kappa shape index (κ2) is 7.40. The Labute approximate surface area is 144 Å². The Morgan fingerprint density at radius 3 is 2.60 bits per heavy atom. The van der Waals surface area contributed by atoms with Gasteiger partial charge in [-0.05, 0) is 25.1 Å². The smallest absolute Gasteiger partial charge is 0.265 e. The molecule has 2 aromatic rings. The maximum Gasteiger partial charge on any atom is 0.265 e. The number of aromatic nitrogens is 1. The third kappa shape index (κ3) is 4.00. The average Bonchev–Trinajstić information content (AvgIpc) is 2.61. The third-order valence-electron chi connectivity index (χ3n) is 3.92. The molecule has 0 fully saturated rings. The van der Waals surface area contributed by atoms with E-state index < -0.39 is 18.3 Å². The molecule has 1 aromatic heterocycles. The van der Waals surface area contributed by atoms with Crippen LogP contribution >= 0.6 is 0 Å². The number of carbonyl (C=O) groups is 1. The molecule has 25 heavy (non-hydrogen) atoms. The Hall–Kier alpha value is -2.80. The zero-order valence-electron chi connectivity index (χ0n) is 13.8.